The molecule has 1 N–H and O–H groups in total. The Hall–Kier alpha value is -3.14. The van der Waals surface area contributed by atoms with E-state index in [1.807, 2.05) is 0 Å². The van der Waals surface area contributed by atoms with Crippen molar-refractivity contribution in [3.63, 3.8) is 0 Å². The normalized spacial score (nSPS) is 12.1. The minimum Gasteiger partial charge on any atom is -0.497 e. The summed E-state index contributed by atoms with van der Waals surface area (Å²) in [4.78, 5) is 12.4. The van der Waals surface area contributed by atoms with E-state index in [1.165, 1.54) is 38.5 Å². The molecule has 0 unspecified atom stereocenters. The van der Waals surface area contributed by atoms with E-state index in [4.69, 9.17) is 9.47 Å². The van der Waals surface area contributed by atoms with Gasteiger partial charge in [-0.05, 0) is 42.8 Å². The van der Waals surface area contributed by atoms with E-state index < -0.39 is 24.9 Å². The number of ether oxygens (including phenoxy) is 3. The third kappa shape index (κ3) is 6.68. The third-order valence-electron chi connectivity index (χ3n) is 4.19. The molecule has 0 fully saturated rings. The highest BCUT2D eigenvalue weighted by Crippen LogP contribution is 2.25. The van der Waals surface area contributed by atoms with Gasteiger partial charge in [-0.1, -0.05) is 12.1 Å². The smallest absolute Gasteiger partial charge is 0.330 e. The number of carbonyl (C=O) groups is 1. The van der Waals surface area contributed by atoms with Crippen LogP contribution in [-0.4, -0.2) is 44.8 Å². The van der Waals surface area contributed by atoms with E-state index in [-0.39, 0.29) is 12.2 Å². The van der Waals surface area contributed by atoms with Crippen molar-refractivity contribution in [1.82, 2.24) is 5.43 Å². The van der Waals surface area contributed by atoms with Crippen molar-refractivity contribution in [2.24, 2.45) is 5.10 Å². The number of alkyl halides is 4. The molecule has 6 nitrogen and oxygen atoms in total. The lowest BCUT2D eigenvalue weighted by Crippen LogP contribution is -2.32. The molecule has 1 amide bonds. The number of benzene rings is 2. The highest BCUT2D eigenvalue weighted by Gasteiger charge is 2.40. The van der Waals surface area contributed by atoms with Gasteiger partial charge in [0.1, 0.15) is 18.1 Å². The van der Waals surface area contributed by atoms with E-state index in [0.717, 1.165) is 0 Å². The second kappa shape index (κ2) is 10.8. The van der Waals surface area contributed by atoms with Crippen LogP contribution in [0.1, 0.15) is 28.4 Å². The molecule has 31 heavy (non-hydrogen) atoms. The summed E-state index contributed by atoms with van der Waals surface area (Å²) in [6.07, 6.45) is -3.81. The Bertz CT molecular complexity index is 935. The number of hydrogen-bond donors (Lipinski definition) is 1. The monoisotopic (exact) mass is 442 g/mol. The first kappa shape index (κ1) is 24.1. The minimum absolute atomic E-state index is 0.191. The Labute approximate surface area is 176 Å². The zero-order chi connectivity index (χ0) is 23.0. The maximum absolute atomic E-state index is 12.9. The van der Waals surface area contributed by atoms with E-state index in [9.17, 15) is 22.4 Å². The molecule has 0 aliphatic carbocycles. The van der Waals surface area contributed by atoms with Crippen LogP contribution in [0.25, 0.3) is 0 Å². The molecule has 2 rings (SSSR count). The van der Waals surface area contributed by atoms with Gasteiger partial charge in [0.25, 0.3) is 5.91 Å². The van der Waals surface area contributed by atoms with Crippen LogP contribution in [0.15, 0.2) is 47.6 Å². The summed E-state index contributed by atoms with van der Waals surface area (Å²) >= 11 is 0. The number of hydrazone groups is 1. The standard InChI is InChI=1S/C21H22F4N2O4/c1-13(17-10-16(29-2)7-8-18(17)30-3)26-27-19(28)15-6-4-5-14(9-15)11-31-12-21(24,25)20(22)23/h4-10,20H,11-12H2,1-3H3,(H,27,28). The Morgan fingerprint density at radius 1 is 1.13 bits per heavy atom. The summed E-state index contributed by atoms with van der Waals surface area (Å²) in [5, 5.41) is 4.07. The molecule has 0 aliphatic rings. The summed E-state index contributed by atoms with van der Waals surface area (Å²) in [6.45, 7) is -0.106. The molecule has 0 saturated carbocycles. The van der Waals surface area contributed by atoms with Gasteiger partial charge in [-0.2, -0.15) is 13.9 Å². The van der Waals surface area contributed by atoms with Gasteiger partial charge in [-0.3, -0.25) is 4.79 Å². The van der Waals surface area contributed by atoms with Gasteiger partial charge in [0.05, 0.1) is 26.5 Å². The van der Waals surface area contributed by atoms with Crippen molar-refractivity contribution < 1.29 is 36.6 Å². The molecule has 0 atom stereocenters. The summed E-state index contributed by atoms with van der Waals surface area (Å²) in [6, 6.07) is 11.1. The number of rotatable bonds is 10. The Kier molecular flexibility index (Phi) is 8.38. The fraction of sp³-hybridized carbons (Fsp3) is 0.333. The number of halogens is 4. The predicted octanol–water partition coefficient (Wildman–Crippen LogP) is 4.27. The zero-order valence-corrected chi connectivity index (χ0v) is 17.1. The Balaban J connectivity index is 2.05. The van der Waals surface area contributed by atoms with Crippen LogP contribution in [0.5, 0.6) is 11.5 Å². The zero-order valence-electron chi connectivity index (χ0n) is 17.1. The predicted molar refractivity (Wildman–Crippen MR) is 106 cm³/mol. The van der Waals surface area contributed by atoms with Crippen LogP contribution in [-0.2, 0) is 11.3 Å². The van der Waals surface area contributed by atoms with Gasteiger partial charge < -0.3 is 14.2 Å². The lowest BCUT2D eigenvalue weighted by Gasteiger charge is -2.15. The summed E-state index contributed by atoms with van der Waals surface area (Å²) in [5.41, 5.74) is 4.03. The lowest BCUT2D eigenvalue weighted by molar-refractivity contribution is -0.168. The fourth-order valence-electron chi connectivity index (χ4n) is 2.53. The fourth-order valence-corrected chi connectivity index (χ4v) is 2.53. The third-order valence-corrected chi connectivity index (χ3v) is 4.19. The molecule has 0 radical (unpaired) electrons. The maximum atomic E-state index is 12.9. The van der Waals surface area contributed by atoms with Crippen molar-refractivity contribution >= 4 is 11.6 Å². The van der Waals surface area contributed by atoms with Crippen molar-refractivity contribution in [2.75, 3.05) is 20.8 Å². The molecule has 0 aliphatic heterocycles. The van der Waals surface area contributed by atoms with Gasteiger partial charge >= 0.3 is 12.3 Å². The molecule has 10 heteroatoms. The molecular formula is C21H22F4N2O4. The molecule has 0 aromatic heterocycles. The molecular weight excluding hydrogens is 420 g/mol. The molecule has 0 bridgehead atoms. The largest absolute Gasteiger partial charge is 0.497 e. The van der Waals surface area contributed by atoms with Crippen LogP contribution < -0.4 is 14.9 Å². The van der Waals surface area contributed by atoms with Crippen molar-refractivity contribution in [2.45, 2.75) is 25.9 Å². The molecule has 2 aromatic rings. The molecule has 0 spiro atoms. The van der Waals surface area contributed by atoms with Gasteiger partial charge in [-0.25, -0.2) is 14.2 Å². The second-order valence-corrected chi connectivity index (χ2v) is 6.46. The van der Waals surface area contributed by atoms with Gasteiger partial charge in [-0.15, -0.1) is 0 Å². The molecule has 0 heterocycles. The van der Waals surface area contributed by atoms with Crippen LogP contribution in [0.4, 0.5) is 17.6 Å². The van der Waals surface area contributed by atoms with Gasteiger partial charge in [0.2, 0.25) is 0 Å². The molecule has 2 aromatic carbocycles. The highest BCUT2D eigenvalue weighted by molar-refractivity contribution is 6.03. The summed E-state index contributed by atoms with van der Waals surface area (Å²) < 4.78 is 65.3. The van der Waals surface area contributed by atoms with Crippen molar-refractivity contribution in [1.29, 1.82) is 0 Å². The number of amides is 1. The Morgan fingerprint density at radius 3 is 2.52 bits per heavy atom. The van der Waals surface area contributed by atoms with Crippen LogP contribution >= 0.6 is 0 Å². The van der Waals surface area contributed by atoms with E-state index in [0.29, 0.717) is 28.3 Å². The first-order valence-corrected chi connectivity index (χ1v) is 9.07. The topological polar surface area (TPSA) is 69.2 Å². The average molecular weight is 442 g/mol. The first-order valence-electron chi connectivity index (χ1n) is 9.07. The number of hydrogen-bond acceptors (Lipinski definition) is 5. The minimum atomic E-state index is -4.23. The van der Waals surface area contributed by atoms with Crippen LogP contribution in [0.3, 0.4) is 0 Å². The summed E-state index contributed by atoms with van der Waals surface area (Å²) in [7, 11) is 3.02. The van der Waals surface area contributed by atoms with Gasteiger partial charge in [0.15, 0.2) is 0 Å². The van der Waals surface area contributed by atoms with Crippen molar-refractivity contribution in [3.05, 3.63) is 59.2 Å². The number of carbonyl (C=O) groups excluding carboxylic acids is 1. The van der Waals surface area contributed by atoms with E-state index in [2.05, 4.69) is 15.3 Å². The second-order valence-electron chi connectivity index (χ2n) is 6.46. The number of nitrogens with zero attached hydrogens (tertiary/aromatic N) is 1. The van der Waals surface area contributed by atoms with Crippen LogP contribution in [0, 0.1) is 0 Å². The van der Waals surface area contributed by atoms with E-state index >= 15 is 0 Å². The van der Waals surface area contributed by atoms with Crippen LogP contribution in [0.2, 0.25) is 0 Å². The molecule has 0 saturated heterocycles. The van der Waals surface area contributed by atoms with Crippen molar-refractivity contribution in [3.8, 4) is 11.5 Å². The first-order chi connectivity index (χ1) is 14.7. The maximum Gasteiger partial charge on any atom is 0.330 e. The Morgan fingerprint density at radius 2 is 1.87 bits per heavy atom. The highest BCUT2D eigenvalue weighted by atomic mass is 19.3. The number of methoxy groups -OCH3 is 2. The average Bonchev–Trinajstić information content (AvgIpc) is 2.76. The quantitative estimate of drug-likeness (QED) is 0.339. The van der Waals surface area contributed by atoms with Gasteiger partial charge in [0, 0.05) is 11.1 Å². The lowest BCUT2D eigenvalue weighted by atomic mass is 10.1. The summed E-state index contributed by atoms with van der Waals surface area (Å²) in [5.74, 6) is -3.67. The number of nitrogens with one attached hydrogen (secondary N) is 1. The van der Waals surface area contributed by atoms with E-state index in [1.54, 1.807) is 25.1 Å². The molecule has 168 valence electrons. The SMILES string of the molecule is COc1ccc(OC)c(C(C)=NNC(=O)c2cccc(COCC(F)(F)C(F)F)c2)c1.